The first-order chi connectivity index (χ1) is 15.1. The molecule has 0 N–H and O–H groups in total. The number of esters is 1. The van der Waals surface area contributed by atoms with E-state index in [0.717, 1.165) is 49.2 Å². The fourth-order valence-electron chi connectivity index (χ4n) is 3.70. The van der Waals surface area contributed by atoms with Crippen molar-refractivity contribution >= 4 is 29.5 Å². The molecule has 2 aromatic rings. The maximum Gasteiger partial charge on any atom is 0.305 e. The number of aryl methyl sites for hydroxylation is 1. The van der Waals surface area contributed by atoms with Crippen LogP contribution in [0.15, 0.2) is 42.5 Å². The lowest BCUT2D eigenvalue weighted by Crippen LogP contribution is -2.26. The molecule has 0 unspecified atom stereocenters. The minimum Gasteiger partial charge on any atom is -0.493 e. The van der Waals surface area contributed by atoms with Crippen molar-refractivity contribution in [3.8, 4) is 17.6 Å². The summed E-state index contributed by atoms with van der Waals surface area (Å²) < 4.78 is 10.9. The van der Waals surface area contributed by atoms with E-state index < -0.39 is 0 Å². The third-order valence-corrected chi connectivity index (χ3v) is 8.61. The van der Waals surface area contributed by atoms with E-state index in [1.807, 2.05) is 36.5 Å². The normalized spacial score (nSPS) is 14.0. The van der Waals surface area contributed by atoms with E-state index in [9.17, 15) is 4.79 Å². The number of carbonyl (C=O) groups is 1. The van der Waals surface area contributed by atoms with Crippen molar-refractivity contribution in [2.75, 3.05) is 25.7 Å². The molecule has 0 fully saturated rings. The molecular formula is C26H30O3S2. The van der Waals surface area contributed by atoms with Crippen LogP contribution < -0.4 is 4.74 Å². The van der Waals surface area contributed by atoms with Crippen molar-refractivity contribution in [3.63, 3.8) is 0 Å². The van der Waals surface area contributed by atoms with Crippen LogP contribution in [0.1, 0.15) is 54.9 Å². The third kappa shape index (κ3) is 6.24. The Morgan fingerprint density at radius 2 is 1.77 bits per heavy atom. The molecule has 0 radical (unpaired) electrons. The maximum atomic E-state index is 11.4. The molecule has 3 rings (SSSR count). The highest BCUT2D eigenvalue weighted by molar-refractivity contribution is 8.16. The lowest BCUT2D eigenvalue weighted by atomic mass is 10.0. The highest BCUT2D eigenvalue weighted by Gasteiger charge is 2.36. The van der Waals surface area contributed by atoms with Gasteiger partial charge in [0.1, 0.15) is 5.75 Å². The Morgan fingerprint density at radius 1 is 1.06 bits per heavy atom. The lowest BCUT2D eigenvalue weighted by Gasteiger charge is -2.36. The fraction of sp³-hybridized carbons (Fsp3) is 0.423. The van der Waals surface area contributed by atoms with Crippen LogP contribution in [0.5, 0.6) is 5.75 Å². The SMILES string of the molecule is CCOC(=O)CCCCc1ccc(C#Cc2ccc3c(c2)C(SC)(SC)CCO3)cc1. The third-order valence-electron chi connectivity index (χ3n) is 5.44. The summed E-state index contributed by atoms with van der Waals surface area (Å²) >= 11 is 3.76. The van der Waals surface area contributed by atoms with Gasteiger partial charge in [0.25, 0.3) is 0 Å². The zero-order chi connectivity index (χ0) is 22.1. The van der Waals surface area contributed by atoms with Crippen LogP contribution in [0.3, 0.4) is 0 Å². The fourth-order valence-corrected chi connectivity index (χ4v) is 5.70. The molecule has 1 heterocycles. The lowest BCUT2D eigenvalue weighted by molar-refractivity contribution is -0.143. The molecule has 0 spiro atoms. The van der Waals surface area contributed by atoms with E-state index in [-0.39, 0.29) is 10.0 Å². The molecule has 0 saturated carbocycles. The van der Waals surface area contributed by atoms with Gasteiger partial charge in [0, 0.05) is 29.5 Å². The van der Waals surface area contributed by atoms with E-state index in [1.54, 1.807) is 0 Å². The van der Waals surface area contributed by atoms with Crippen molar-refractivity contribution < 1.29 is 14.3 Å². The molecule has 31 heavy (non-hydrogen) atoms. The summed E-state index contributed by atoms with van der Waals surface area (Å²) in [6.07, 6.45) is 8.63. The Labute approximate surface area is 194 Å². The van der Waals surface area contributed by atoms with Gasteiger partial charge in [-0.3, -0.25) is 4.79 Å². The number of thioether (sulfide) groups is 2. The Kier molecular flexibility index (Phi) is 8.80. The Balaban J connectivity index is 1.62. The molecule has 0 amide bonds. The first kappa shape index (κ1) is 23.6. The number of carbonyl (C=O) groups excluding carboxylic acids is 1. The van der Waals surface area contributed by atoms with E-state index in [4.69, 9.17) is 9.47 Å². The monoisotopic (exact) mass is 454 g/mol. The molecule has 0 saturated heterocycles. The van der Waals surface area contributed by atoms with Gasteiger partial charge < -0.3 is 9.47 Å². The first-order valence-electron chi connectivity index (χ1n) is 10.7. The number of ether oxygens (including phenoxy) is 2. The van der Waals surface area contributed by atoms with Crippen LogP contribution in [-0.2, 0) is 20.0 Å². The summed E-state index contributed by atoms with van der Waals surface area (Å²) in [5.74, 6) is 7.48. The van der Waals surface area contributed by atoms with Gasteiger partial charge in [-0.1, -0.05) is 24.0 Å². The second kappa shape index (κ2) is 11.5. The maximum absolute atomic E-state index is 11.4. The molecule has 1 aliphatic heterocycles. The summed E-state index contributed by atoms with van der Waals surface area (Å²) in [4.78, 5) is 11.4. The zero-order valence-corrected chi connectivity index (χ0v) is 20.2. The Bertz CT molecular complexity index is 937. The van der Waals surface area contributed by atoms with E-state index >= 15 is 0 Å². The molecule has 0 bridgehead atoms. The van der Waals surface area contributed by atoms with Crippen molar-refractivity contribution in [2.24, 2.45) is 0 Å². The van der Waals surface area contributed by atoms with Gasteiger partial charge in [0.15, 0.2) is 0 Å². The average molecular weight is 455 g/mol. The van der Waals surface area contributed by atoms with Gasteiger partial charge in [-0.25, -0.2) is 0 Å². The minimum absolute atomic E-state index is 0.0419. The predicted octanol–water partition coefficient (Wildman–Crippen LogP) is 6.02. The Morgan fingerprint density at radius 3 is 2.48 bits per heavy atom. The van der Waals surface area contributed by atoms with Gasteiger partial charge >= 0.3 is 5.97 Å². The molecule has 164 valence electrons. The highest BCUT2D eigenvalue weighted by Crippen LogP contribution is 2.52. The summed E-state index contributed by atoms with van der Waals surface area (Å²) in [5, 5.41) is 0. The van der Waals surface area contributed by atoms with Crippen LogP contribution in [-0.4, -0.2) is 31.7 Å². The molecule has 1 aliphatic rings. The van der Waals surface area contributed by atoms with Crippen molar-refractivity contribution in [1.29, 1.82) is 0 Å². The van der Waals surface area contributed by atoms with E-state index in [1.165, 1.54) is 11.1 Å². The predicted molar refractivity (Wildman–Crippen MR) is 132 cm³/mol. The summed E-state index contributed by atoms with van der Waals surface area (Å²) in [6, 6.07) is 14.7. The second-order valence-corrected chi connectivity index (χ2v) is 9.90. The van der Waals surface area contributed by atoms with Crippen molar-refractivity contribution in [3.05, 3.63) is 64.7 Å². The zero-order valence-electron chi connectivity index (χ0n) is 18.5. The number of rotatable bonds is 8. The standard InChI is InChI=1S/C26H30O3S2/c1-4-28-25(27)8-6-5-7-20-9-11-21(12-10-20)13-14-22-15-16-24-23(19-22)26(30-2,31-3)17-18-29-24/h9-12,15-16,19H,4-8,17-18H2,1-3H3. The van der Waals surface area contributed by atoms with Crippen LogP contribution in [0, 0.1) is 11.8 Å². The number of unbranched alkanes of at least 4 members (excludes halogenated alkanes) is 1. The number of hydrogen-bond donors (Lipinski definition) is 0. The second-order valence-electron chi connectivity index (χ2n) is 7.43. The Hall–Kier alpha value is -2.03. The van der Waals surface area contributed by atoms with Gasteiger partial charge in [-0.2, -0.15) is 0 Å². The van der Waals surface area contributed by atoms with Crippen molar-refractivity contribution in [2.45, 2.75) is 43.1 Å². The quantitative estimate of drug-likeness (QED) is 0.211. The number of benzene rings is 2. The topological polar surface area (TPSA) is 35.5 Å². The summed E-state index contributed by atoms with van der Waals surface area (Å²) in [6.45, 7) is 3.05. The molecule has 3 nitrogen and oxygen atoms in total. The molecule has 0 atom stereocenters. The van der Waals surface area contributed by atoms with Crippen LogP contribution in [0.25, 0.3) is 0 Å². The molecular weight excluding hydrogens is 424 g/mol. The van der Waals surface area contributed by atoms with Gasteiger partial charge in [-0.15, -0.1) is 23.5 Å². The van der Waals surface area contributed by atoms with Gasteiger partial charge in [0.05, 0.1) is 17.3 Å². The van der Waals surface area contributed by atoms with Gasteiger partial charge in [0.2, 0.25) is 0 Å². The van der Waals surface area contributed by atoms with Crippen molar-refractivity contribution in [1.82, 2.24) is 0 Å². The van der Waals surface area contributed by atoms with E-state index in [0.29, 0.717) is 13.0 Å². The number of hydrogen-bond acceptors (Lipinski definition) is 5. The molecule has 5 heteroatoms. The molecule has 0 aliphatic carbocycles. The molecule has 0 aromatic heterocycles. The highest BCUT2D eigenvalue weighted by atomic mass is 32.2. The van der Waals surface area contributed by atoms with Crippen LogP contribution in [0.2, 0.25) is 0 Å². The van der Waals surface area contributed by atoms with Crippen LogP contribution >= 0.6 is 23.5 Å². The summed E-state index contributed by atoms with van der Waals surface area (Å²) in [5.41, 5.74) is 4.53. The largest absolute Gasteiger partial charge is 0.493 e. The van der Waals surface area contributed by atoms with E-state index in [2.05, 4.69) is 60.8 Å². The molecule has 2 aromatic carbocycles. The first-order valence-corrected chi connectivity index (χ1v) is 13.2. The smallest absolute Gasteiger partial charge is 0.305 e. The number of fused-ring (bicyclic) bond motifs is 1. The van der Waals surface area contributed by atoms with Crippen LogP contribution in [0.4, 0.5) is 0 Å². The summed E-state index contributed by atoms with van der Waals surface area (Å²) in [7, 11) is 0. The average Bonchev–Trinajstić information content (AvgIpc) is 2.81. The minimum atomic E-state index is -0.103. The van der Waals surface area contributed by atoms with Gasteiger partial charge in [-0.05, 0) is 74.6 Å².